The summed E-state index contributed by atoms with van der Waals surface area (Å²) < 4.78 is 5.64. The molecule has 2 aromatic carbocycles. The van der Waals surface area contributed by atoms with Crippen LogP contribution in [0.25, 0.3) is 0 Å². The van der Waals surface area contributed by atoms with Crippen molar-refractivity contribution in [3.63, 3.8) is 0 Å². The van der Waals surface area contributed by atoms with E-state index in [1.54, 1.807) is 0 Å². The van der Waals surface area contributed by atoms with Gasteiger partial charge in [-0.2, -0.15) is 0 Å². The minimum atomic E-state index is -0.833. The van der Waals surface area contributed by atoms with E-state index in [-0.39, 0.29) is 5.91 Å². The number of rotatable bonds is 7. The van der Waals surface area contributed by atoms with E-state index in [0.717, 1.165) is 24.8 Å². The molecule has 0 spiro atoms. The molecule has 0 unspecified atom stereocenters. The summed E-state index contributed by atoms with van der Waals surface area (Å²) in [6.45, 7) is 2.79. The Kier molecular flexibility index (Phi) is 9.31. The second kappa shape index (κ2) is 11.9. The molecule has 7 heteroatoms. The fraction of sp³-hybridized carbons (Fsp3) is 0.391. The summed E-state index contributed by atoms with van der Waals surface area (Å²) in [7, 11) is 0. The van der Waals surface area contributed by atoms with Gasteiger partial charge in [0.15, 0.2) is 0 Å². The van der Waals surface area contributed by atoms with Gasteiger partial charge >= 0.3 is 0 Å². The number of carbonyl (C=O) groups excluding carboxylic acids is 1. The van der Waals surface area contributed by atoms with Gasteiger partial charge in [0, 0.05) is 19.9 Å². The van der Waals surface area contributed by atoms with Crippen molar-refractivity contribution in [2.75, 3.05) is 19.7 Å². The van der Waals surface area contributed by atoms with Crippen LogP contribution in [-0.4, -0.2) is 47.9 Å². The third kappa shape index (κ3) is 7.17. The summed E-state index contributed by atoms with van der Waals surface area (Å²) in [6.07, 6.45) is 0.981. The predicted octanol–water partition coefficient (Wildman–Crippen LogP) is 2.30. The van der Waals surface area contributed by atoms with Crippen LogP contribution in [0.5, 0.6) is 5.75 Å². The molecule has 0 radical (unpaired) electrons. The molecule has 2 atom stereocenters. The maximum Gasteiger partial charge on any atom is 0.300 e. The van der Waals surface area contributed by atoms with Crippen molar-refractivity contribution in [1.29, 1.82) is 0 Å². The molecule has 1 aliphatic rings. The molecule has 1 amide bonds. The zero-order valence-electron chi connectivity index (χ0n) is 17.2. The van der Waals surface area contributed by atoms with Gasteiger partial charge in [-0.3, -0.25) is 9.59 Å². The number of aliphatic hydroxyl groups excluding tert-OH is 1. The first-order chi connectivity index (χ1) is 14.4. The van der Waals surface area contributed by atoms with Gasteiger partial charge in [-0.15, -0.1) is 0 Å². The number of piperidine rings is 1. The lowest BCUT2D eigenvalue weighted by Gasteiger charge is -2.43. The number of ether oxygens (including phenoxy) is 1. The monoisotopic (exact) mass is 414 g/mol. The third-order valence-corrected chi connectivity index (χ3v) is 4.81. The molecule has 3 rings (SSSR count). The molecule has 1 saturated heterocycles. The number of aliphatic hydroxyl groups is 1. The van der Waals surface area contributed by atoms with Crippen molar-refractivity contribution >= 4 is 11.9 Å². The number of carboxylic acid groups (broad SMARTS) is 1. The Labute approximate surface area is 177 Å². The number of nitrogens with one attached hydrogen (secondary N) is 2. The quantitative estimate of drug-likeness (QED) is 0.518. The zero-order chi connectivity index (χ0) is 21.8. The van der Waals surface area contributed by atoms with Crippen LogP contribution >= 0.6 is 0 Å². The number of hydrogen-bond acceptors (Lipinski definition) is 5. The predicted molar refractivity (Wildman–Crippen MR) is 114 cm³/mol. The van der Waals surface area contributed by atoms with Crippen LogP contribution in [0.15, 0.2) is 60.7 Å². The van der Waals surface area contributed by atoms with E-state index in [1.165, 1.54) is 0 Å². The number of benzene rings is 2. The minimum absolute atomic E-state index is 0.0635. The highest BCUT2D eigenvalue weighted by Gasteiger charge is 2.42. The third-order valence-electron chi connectivity index (χ3n) is 4.81. The molecule has 1 fully saturated rings. The summed E-state index contributed by atoms with van der Waals surface area (Å²) >= 11 is 0. The molecule has 2 aromatic rings. The van der Waals surface area contributed by atoms with Crippen molar-refractivity contribution in [3.8, 4) is 5.75 Å². The molecule has 0 aromatic heterocycles. The SMILES string of the molecule is CC(=O)O.O=C(CCCOc1ccccc1)N[C@@]1(c2ccccc2)CCNC[C@H]1O. The number of amides is 1. The second-order valence-electron chi connectivity index (χ2n) is 7.14. The van der Waals surface area contributed by atoms with Gasteiger partial charge in [-0.1, -0.05) is 48.5 Å². The first kappa shape index (κ1) is 23.4. The van der Waals surface area contributed by atoms with E-state index in [0.29, 0.717) is 32.4 Å². The van der Waals surface area contributed by atoms with Gasteiger partial charge in [0.25, 0.3) is 5.97 Å². The Balaban J connectivity index is 0.000000735. The van der Waals surface area contributed by atoms with E-state index in [2.05, 4.69) is 10.6 Å². The van der Waals surface area contributed by atoms with Crippen LogP contribution in [0.3, 0.4) is 0 Å². The highest BCUT2D eigenvalue weighted by molar-refractivity contribution is 5.77. The lowest BCUT2D eigenvalue weighted by atomic mass is 9.79. The van der Waals surface area contributed by atoms with Crippen LogP contribution in [0.2, 0.25) is 0 Å². The molecule has 0 bridgehead atoms. The van der Waals surface area contributed by atoms with Crippen molar-refractivity contribution in [3.05, 3.63) is 66.2 Å². The lowest BCUT2D eigenvalue weighted by molar-refractivity contribution is -0.134. The van der Waals surface area contributed by atoms with Crippen molar-refractivity contribution in [2.24, 2.45) is 0 Å². The van der Waals surface area contributed by atoms with Crippen LogP contribution in [-0.2, 0) is 15.1 Å². The van der Waals surface area contributed by atoms with Gasteiger partial charge in [-0.25, -0.2) is 0 Å². The van der Waals surface area contributed by atoms with E-state index in [1.807, 2.05) is 60.7 Å². The first-order valence-corrected chi connectivity index (χ1v) is 10.1. The lowest BCUT2D eigenvalue weighted by Crippen LogP contribution is -2.61. The van der Waals surface area contributed by atoms with Gasteiger partial charge in [0.1, 0.15) is 5.75 Å². The molecular weight excluding hydrogens is 384 g/mol. The number of carboxylic acids is 1. The molecule has 162 valence electrons. The number of hydrogen-bond donors (Lipinski definition) is 4. The molecule has 4 N–H and O–H groups in total. The summed E-state index contributed by atoms with van der Waals surface area (Å²) in [5, 5.41) is 24.4. The van der Waals surface area contributed by atoms with E-state index in [4.69, 9.17) is 14.6 Å². The molecule has 0 aliphatic carbocycles. The van der Waals surface area contributed by atoms with E-state index in [9.17, 15) is 9.90 Å². The van der Waals surface area contributed by atoms with Crippen LogP contribution in [0.1, 0.15) is 31.7 Å². The van der Waals surface area contributed by atoms with Crippen LogP contribution in [0, 0.1) is 0 Å². The fourth-order valence-corrected chi connectivity index (χ4v) is 3.41. The average Bonchev–Trinajstić information content (AvgIpc) is 2.74. The molecule has 0 saturated carbocycles. The smallest absolute Gasteiger partial charge is 0.300 e. The number of β-amino-alcohol motifs (C(OH)–C–C–N with tert-alkyl or cyclic N) is 1. The number of carbonyl (C=O) groups is 2. The summed E-state index contributed by atoms with van der Waals surface area (Å²) in [4.78, 5) is 21.5. The molecule has 1 heterocycles. The average molecular weight is 415 g/mol. The van der Waals surface area contributed by atoms with Crippen molar-refractivity contribution < 1.29 is 24.5 Å². The first-order valence-electron chi connectivity index (χ1n) is 10.1. The molecule has 1 aliphatic heterocycles. The second-order valence-corrected chi connectivity index (χ2v) is 7.14. The largest absolute Gasteiger partial charge is 0.494 e. The Bertz CT molecular complexity index is 781. The zero-order valence-corrected chi connectivity index (χ0v) is 17.2. The summed E-state index contributed by atoms with van der Waals surface area (Å²) in [6, 6.07) is 19.3. The molecular formula is C23H30N2O5. The normalized spacial score (nSPS) is 20.4. The van der Waals surface area contributed by atoms with Gasteiger partial charge < -0.3 is 25.6 Å². The Hall–Kier alpha value is -2.90. The van der Waals surface area contributed by atoms with E-state index >= 15 is 0 Å². The highest BCUT2D eigenvalue weighted by Crippen LogP contribution is 2.31. The molecule has 7 nitrogen and oxygen atoms in total. The Morgan fingerprint density at radius 3 is 2.33 bits per heavy atom. The minimum Gasteiger partial charge on any atom is -0.494 e. The highest BCUT2D eigenvalue weighted by atomic mass is 16.5. The maximum atomic E-state index is 12.5. The topological polar surface area (TPSA) is 108 Å². The van der Waals surface area contributed by atoms with Crippen molar-refractivity contribution in [2.45, 2.75) is 37.8 Å². The van der Waals surface area contributed by atoms with Crippen LogP contribution < -0.4 is 15.4 Å². The van der Waals surface area contributed by atoms with Gasteiger partial charge in [-0.05, 0) is 37.1 Å². The van der Waals surface area contributed by atoms with Crippen molar-refractivity contribution in [1.82, 2.24) is 10.6 Å². The van der Waals surface area contributed by atoms with Gasteiger partial charge in [0.2, 0.25) is 5.91 Å². The Morgan fingerprint density at radius 2 is 1.73 bits per heavy atom. The fourth-order valence-electron chi connectivity index (χ4n) is 3.41. The van der Waals surface area contributed by atoms with Gasteiger partial charge in [0.05, 0.1) is 18.2 Å². The standard InChI is InChI=1S/C21H26N2O3.C2H4O2/c24-19-16-22-14-13-21(19,17-8-3-1-4-9-17)23-20(25)12-7-15-26-18-10-5-2-6-11-18;1-2(3)4/h1-6,8-11,19,22,24H,7,12-16H2,(H,23,25);1H3,(H,3,4)/t19-,21-;/m1./s1. The summed E-state index contributed by atoms with van der Waals surface area (Å²) in [5.74, 6) is -0.0890. The Morgan fingerprint density at radius 1 is 1.13 bits per heavy atom. The summed E-state index contributed by atoms with van der Waals surface area (Å²) in [5.41, 5.74) is 0.215. The van der Waals surface area contributed by atoms with E-state index < -0.39 is 17.6 Å². The number of aliphatic carboxylic acids is 1. The van der Waals surface area contributed by atoms with Crippen LogP contribution in [0.4, 0.5) is 0 Å². The maximum absolute atomic E-state index is 12.5. The molecule has 30 heavy (non-hydrogen) atoms. The number of para-hydroxylation sites is 1.